The number of halogens is 2. The number of nitrogens with zero attached hydrogens (tertiary/aromatic N) is 14. The van der Waals surface area contributed by atoms with Crippen LogP contribution < -0.4 is 30.2 Å². The lowest BCUT2D eigenvalue weighted by Crippen LogP contribution is -2.50. The maximum absolute atomic E-state index is 15.5. The molecule has 8 heterocycles. The number of thiazole rings is 2. The summed E-state index contributed by atoms with van der Waals surface area (Å²) in [6.45, 7) is 3.48. The van der Waals surface area contributed by atoms with E-state index in [9.17, 15) is 9.59 Å². The number of hydrogen-bond donors (Lipinski definition) is 2. The number of aromatic nitrogens is 8. The molecule has 4 aliphatic rings. The van der Waals surface area contributed by atoms with Crippen LogP contribution in [0.15, 0.2) is 73.1 Å². The van der Waals surface area contributed by atoms with E-state index in [1.54, 1.807) is 36.4 Å². The number of rotatable bonds is 14. The van der Waals surface area contributed by atoms with E-state index in [-0.39, 0.29) is 63.8 Å². The lowest BCUT2D eigenvalue weighted by Gasteiger charge is -2.37. The minimum Gasteiger partial charge on any atom is -0.354 e. The van der Waals surface area contributed by atoms with Gasteiger partial charge in [0.1, 0.15) is 34.7 Å². The molecule has 8 aromatic rings. The van der Waals surface area contributed by atoms with E-state index >= 15 is 13.6 Å². The van der Waals surface area contributed by atoms with Gasteiger partial charge >= 0.3 is 0 Å². The quantitative estimate of drug-likeness (QED) is 0.0998. The number of hydrogen-bond acceptors (Lipinski definition) is 19. The van der Waals surface area contributed by atoms with Crippen molar-refractivity contribution in [3.63, 3.8) is 0 Å². The topological polar surface area (TPSA) is 198 Å². The molecule has 0 unspecified atom stereocenters. The summed E-state index contributed by atoms with van der Waals surface area (Å²) in [7, 11) is 7.67. The monoisotopic (exact) mass is 1060 g/mol. The Bertz CT molecular complexity index is 3360. The van der Waals surface area contributed by atoms with Gasteiger partial charge in [0.05, 0.1) is 44.0 Å². The van der Waals surface area contributed by atoms with Crippen LogP contribution in [0, 0.1) is 23.5 Å². The minimum atomic E-state index is -0.601. The standard InChI is InChI=1S/C53H52F2N16O3S2/c1-66(2)52-58-37-13-9-31(25-39(37)75-52)43-35(54)27-56-50(64-43)62-41-15-11-33(46(60-41)68-17-21-70(22-18-68)48(73)29-5-6-29)45(72)34-12-16-42(61-47(34)69-19-23-71(24-20-69)49(74)30-7-8-30)63-51-57-28-36(55)44(65-51)32-10-14-38-40(26-32)76-53(59-38)67(3)4/h9-16,25-30H,5-8,17-24H2,1-4H3,(H,56,60,62,64)(H,57,61,63,65). The second-order valence-electron chi connectivity index (χ2n) is 19.8. The summed E-state index contributed by atoms with van der Waals surface area (Å²) in [5, 5.41) is 7.98. The zero-order chi connectivity index (χ0) is 52.4. The molecule has 2 amide bonds. The molecule has 6 aromatic heterocycles. The van der Waals surface area contributed by atoms with Gasteiger partial charge < -0.3 is 40.0 Å². The Morgan fingerprint density at radius 3 is 1.33 bits per heavy atom. The number of ketones is 1. The van der Waals surface area contributed by atoms with Crippen molar-refractivity contribution in [3.8, 4) is 22.5 Å². The smallest absolute Gasteiger partial charge is 0.229 e. The highest BCUT2D eigenvalue weighted by Gasteiger charge is 2.37. The van der Waals surface area contributed by atoms with Crippen LogP contribution >= 0.6 is 22.7 Å². The number of amides is 2. The lowest BCUT2D eigenvalue weighted by atomic mass is 10.0. The van der Waals surface area contributed by atoms with Gasteiger partial charge in [-0.15, -0.1) is 0 Å². The summed E-state index contributed by atoms with van der Waals surface area (Å²) in [6, 6.07) is 17.7. The third kappa shape index (κ3) is 9.86. The molecular weight excluding hydrogens is 1010 g/mol. The van der Waals surface area contributed by atoms with Crippen LogP contribution in [0.4, 0.5) is 54.2 Å². The molecule has 19 nitrogen and oxygen atoms in total. The van der Waals surface area contributed by atoms with Gasteiger partial charge in [0.2, 0.25) is 23.7 Å². The number of piperazine rings is 2. The fourth-order valence-corrected chi connectivity index (χ4v) is 11.3. The molecule has 4 fully saturated rings. The molecule has 0 bridgehead atoms. The molecule has 388 valence electrons. The molecule has 2 N–H and O–H groups in total. The van der Waals surface area contributed by atoms with Crippen LogP contribution in [-0.4, -0.2) is 148 Å². The van der Waals surface area contributed by atoms with E-state index < -0.39 is 11.6 Å². The van der Waals surface area contributed by atoms with E-state index in [0.29, 0.717) is 86.8 Å². The highest BCUT2D eigenvalue weighted by atomic mass is 32.1. The molecule has 0 atom stereocenters. The first-order valence-corrected chi connectivity index (χ1v) is 26.8. The first-order chi connectivity index (χ1) is 36.8. The largest absolute Gasteiger partial charge is 0.354 e. The van der Waals surface area contributed by atoms with Crippen molar-refractivity contribution in [3.05, 3.63) is 95.8 Å². The van der Waals surface area contributed by atoms with E-state index in [2.05, 4.69) is 40.5 Å². The number of carbonyl (C=O) groups is 3. The Kier molecular flexibility index (Phi) is 12.8. The van der Waals surface area contributed by atoms with Crippen molar-refractivity contribution in [1.29, 1.82) is 0 Å². The van der Waals surface area contributed by atoms with E-state index in [1.165, 1.54) is 22.7 Å². The molecule has 2 saturated heterocycles. The third-order valence-electron chi connectivity index (χ3n) is 13.9. The van der Waals surface area contributed by atoms with Crippen molar-refractivity contribution in [2.45, 2.75) is 25.7 Å². The second kappa shape index (κ2) is 19.9. The summed E-state index contributed by atoms with van der Waals surface area (Å²) in [6.07, 6.45) is 5.81. The normalized spacial score (nSPS) is 15.9. The number of pyridine rings is 2. The first-order valence-electron chi connectivity index (χ1n) is 25.2. The van der Waals surface area contributed by atoms with E-state index in [1.807, 2.05) is 81.9 Å². The number of benzene rings is 2. The average Bonchev–Trinajstić information content (AvgIpc) is 4.40. The molecular formula is C53H52F2N16O3S2. The molecule has 12 rings (SSSR count). The Morgan fingerprint density at radius 1 is 0.539 bits per heavy atom. The van der Waals surface area contributed by atoms with Gasteiger partial charge in [-0.25, -0.2) is 48.7 Å². The molecule has 2 saturated carbocycles. The van der Waals surface area contributed by atoms with Crippen molar-refractivity contribution < 1.29 is 23.2 Å². The zero-order valence-corrected chi connectivity index (χ0v) is 43.8. The highest BCUT2D eigenvalue weighted by Crippen LogP contribution is 2.37. The Labute approximate surface area is 443 Å². The predicted octanol–water partition coefficient (Wildman–Crippen LogP) is 7.86. The van der Waals surface area contributed by atoms with Crippen molar-refractivity contribution >= 4 is 106 Å². The third-order valence-corrected chi connectivity index (χ3v) is 16.3. The second-order valence-corrected chi connectivity index (χ2v) is 21.8. The molecule has 76 heavy (non-hydrogen) atoms. The molecule has 2 aromatic carbocycles. The first kappa shape index (κ1) is 48.9. The summed E-state index contributed by atoms with van der Waals surface area (Å²) >= 11 is 2.98. The Hall–Kier alpha value is -8.05. The molecule has 0 radical (unpaired) electrons. The summed E-state index contributed by atoms with van der Waals surface area (Å²) in [5.74, 6) is 0.440. The van der Waals surface area contributed by atoms with Crippen molar-refractivity contribution in [2.75, 3.05) is 111 Å². The lowest BCUT2D eigenvalue weighted by molar-refractivity contribution is -0.133. The summed E-state index contributed by atoms with van der Waals surface area (Å²) < 4.78 is 32.8. The van der Waals surface area contributed by atoms with Crippen LogP contribution in [0.5, 0.6) is 0 Å². The van der Waals surface area contributed by atoms with Gasteiger partial charge in [0.15, 0.2) is 27.7 Å². The molecule has 23 heteroatoms. The van der Waals surface area contributed by atoms with E-state index in [4.69, 9.17) is 9.97 Å². The van der Waals surface area contributed by atoms with Gasteiger partial charge in [0.25, 0.3) is 0 Å². The van der Waals surface area contributed by atoms with Crippen LogP contribution in [0.3, 0.4) is 0 Å². The van der Waals surface area contributed by atoms with Gasteiger partial charge in [-0.05, 0) is 74.2 Å². The maximum atomic E-state index is 15.5. The van der Waals surface area contributed by atoms with Gasteiger partial charge in [0, 0.05) is 104 Å². The number of nitrogens with one attached hydrogen (secondary N) is 2. The number of fused-ring (bicyclic) bond motifs is 2. The fraction of sp³-hybridized carbons (Fsp3) is 0.340. The predicted molar refractivity (Wildman–Crippen MR) is 291 cm³/mol. The number of anilines is 8. The van der Waals surface area contributed by atoms with Gasteiger partial charge in [-0.2, -0.15) is 0 Å². The SMILES string of the molecule is CN(C)c1nc2ccc(-c3nc(Nc4ccc(C(=O)c5ccc(Nc6ncc(F)c(-c7ccc8nc(N(C)C)sc8c7)n6)nc5N5CCN(C(=O)C6CC6)CC5)c(N5CCN(C(=O)C6CC6)CC5)n4)ncc3F)cc2s1. The summed E-state index contributed by atoms with van der Waals surface area (Å²) in [5.41, 5.74) is 3.46. The molecule has 2 aliphatic heterocycles. The van der Waals surface area contributed by atoms with Crippen molar-refractivity contribution in [2.24, 2.45) is 11.8 Å². The van der Waals surface area contributed by atoms with Gasteiger partial charge in [-0.1, -0.05) is 34.8 Å². The molecule has 2 aliphatic carbocycles. The van der Waals surface area contributed by atoms with Crippen molar-refractivity contribution in [1.82, 2.24) is 49.7 Å². The number of carbonyl (C=O) groups excluding carboxylic acids is 3. The Morgan fingerprint density at radius 2 is 0.947 bits per heavy atom. The van der Waals surface area contributed by atoms with Crippen LogP contribution in [0.1, 0.15) is 41.6 Å². The highest BCUT2D eigenvalue weighted by molar-refractivity contribution is 7.22. The molecule has 0 spiro atoms. The van der Waals surface area contributed by atoms with Crippen LogP contribution in [0.2, 0.25) is 0 Å². The zero-order valence-electron chi connectivity index (χ0n) is 42.1. The van der Waals surface area contributed by atoms with Crippen LogP contribution in [-0.2, 0) is 9.59 Å². The van der Waals surface area contributed by atoms with Crippen LogP contribution in [0.25, 0.3) is 42.9 Å². The maximum Gasteiger partial charge on any atom is 0.229 e. The minimum absolute atomic E-state index is 0.0686. The Balaban J connectivity index is 0.872. The fourth-order valence-electron chi connectivity index (χ4n) is 9.46. The van der Waals surface area contributed by atoms with Gasteiger partial charge in [-0.3, -0.25) is 14.4 Å². The summed E-state index contributed by atoms with van der Waals surface area (Å²) in [4.78, 5) is 90.4. The average molecular weight is 1060 g/mol. The van der Waals surface area contributed by atoms with E-state index in [0.717, 1.165) is 68.8 Å².